The molecule has 0 heterocycles. The van der Waals surface area contributed by atoms with Crippen molar-refractivity contribution in [2.45, 2.75) is 25.7 Å². The predicted octanol–water partition coefficient (Wildman–Crippen LogP) is 2.02. The van der Waals surface area contributed by atoms with Crippen LogP contribution in [0, 0.1) is 0 Å². The van der Waals surface area contributed by atoms with Crippen LogP contribution in [0.25, 0.3) is 0 Å². The average Bonchev–Trinajstić information content (AvgIpc) is 2.38. The Labute approximate surface area is 121 Å². The number of hydrogen-bond acceptors (Lipinski definition) is 3. The van der Waals surface area contributed by atoms with E-state index in [-0.39, 0.29) is 11.7 Å². The zero-order chi connectivity index (χ0) is 14.1. The Kier molecular flexibility index (Phi) is 6.95. The van der Waals surface area contributed by atoms with Crippen molar-refractivity contribution in [1.82, 2.24) is 5.32 Å². The molecule has 1 amide bonds. The second kappa shape index (κ2) is 8.53. The van der Waals surface area contributed by atoms with Crippen molar-refractivity contribution >= 4 is 27.7 Å². The third-order valence-corrected chi connectivity index (χ3v) is 3.06. The molecule has 1 rings (SSSR count). The molecule has 0 bridgehead atoms. The van der Waals surface area contributed by atoms with E-state index in [2.05, 4.69) is 26.4 Å². The summed E-state index contributed by atoms with van der Waals surface area (Å²) in [6.45, 7) is 0.603. The van der Waals surface area contributed by atoms with Crippen molar-refractivity contribution in [1.29, 1.82) is 0 Å². The Balaban J connectivity index is 2.18. The predicted molar refractivity (Wildman–Crippen MR) is 78.1 cm³/mol. The first-order valence-electron chi connectivity index (χ1n) is 6.09. The number of benzene rings is 1. The van der Waals surface area contributed by atoms with Gasteiger partial charge in [0.05, 0.1) is 6.42 Å². The van der Waals surface area contributed by atoms with Gasteiger partial charge in [0, 0.05) is 17.4 Å². The van der Waals surface area contributed by atoms with Gasteiger partial charge in [-0.05, 0) is 30.5 Å². The van der Waals surface area contributed by atoms with Gasteiger partial charge in [-0.1, -0.05) is 33.2 Å². The van der Waals surface area contributed by atoms with Gasteiger partial charge in [0.2, 0.25) is 5.91 Å². The van der Waals surface area contributed by atoms with Crippen LogP contribution in [0.5, 0.6) is 0 Å². The molecule has 0 radical (unpaired) electrons. The Morgan fingerprint density at radius 3 is 2.89 bits per heavy atom. The molecule has 1 aromatic carbocycles. The highest BCUT2D eigenvalue weighted by Gasteiger charge is 2.03. The van der Waals surface area contributed by atoms with Crippen molar-refractivity contribution in [3.8, 4) is 0 Å². The van der Waals surface area contributed by atoms with E-state index in [1.165, 1.54) is 0 Å². The first kappa shape index (κ1) is 15.5. The number of nitrogens with two attached hydrogens (primary N) is 1. The van der Waals surface area contributed by atoms with Gasteiger partial charge in [0.1, 0.15) is 5.84 Å². The number of rotatable bonds is 7. The first-order chi connectivity index (χ1) is 9.11. The maximum absolute atomic E-state index is 11.7. The molecule has 0 saturated carbocycles. The molecule has 1 aromatic rings. The molecular weight excluding hydrogens is 310 g/mol. The summed E-state index contributed by atoms with van der Waals surface area (Å²) >= 11 is 3.37. The lowest BCUT2D eigenvalue weighted by atomic mass is 10.1. The zero-order valence-electron chi connectivity index (χ0n) is 10.6. The lowest BCUT2D eigenvalue weighted by Gasteiger charge is -2.05. The zero-order valence-corrected chi connectivity index (χ0v) is 12.2. The number of unbranched alkanes of at least 4 members (excludes halogenated alkanes) is 1. The maximum atomic E-state index is 11.7. The summed E-state index contributed by atoms with van der Waals surface area (Å²) in [5.74, 6) is 0.224. The second-order valence-electron chi connectivity index (χ2n) is 4.21. The standard InChI is InChI=1S/C13H18BrN3O2/c14-11-5-3-4-10(8-11)9-13(18)16-7-2-1-6-12(15)17-19/h3-5,8,19H,1-2,6-7,9H2,(H2,15,17)(H,16,18). The molecule has 0 aliphatic heterocycles. The van der Waals surface area contributed by atoms with Gasteiger partial charge in [-0.3, -0.25) is 4.79 Å². The summed E-state index contributed by atoms with van der Waals surface area (Å²) in [6, 6.07) is 7.68. The fraction of sp³-hybridized carbons (Fsp3) is 0.385. The molecule has 4 N–H and O–H groups in total. The molecule has 6 heteroatoms. The van der Waals surface area contributed by atoms with Crippen molar-refractivity contribution < 1.29 is 10.0 Å². The number of amidine groups is 1. The van der Waals surface area contributed by atoms with Crippen LogP contribution in [0.1, 0.15) is 24.8 Å². The van der Waals surface area contributed by atoms with Gasteiger partial charge >= 0.3 is 0 Å². The molecule has 0 spiro atoms. The van der Waals surface area contributed by atoms with Gasteiger partial charge in [-0.2, -0.15) is 0 Å². The maximum Gasteiger partial charge on any atom is 0.224 e. The summed E-state index contributed by atoms with van der Waals surface area (Å²) in [4.78, 5) is 11.7. The van der Waals surface area contributed by atoms with Gasteiger partial charge in [0.15, 0.2) is 0 Å². The van der Waals surface area contributed by atoms with Crippen LogP contribution in [-0.4, -0.2) is 23.5 Å². The minimum atomic E-state index is 0.00176. The van der Waals surface area contributed by atoms with Crippen LogP contribution in [0.4, 0.5) is 0 Å². The first-order valence-corrected chi connectivity index (χ1v) is 6.88. The smallest absolute Gasteiger partial charge is 0.224 e. The second-order valence-corrected chi connectivity index (χ2v) is 5.12. The summed E-state index contributed by atoms with van der Waals surface area (Å²) in [7, 11) is 0. The minimum absolute atomic E-state index is 0.00176. The van der Waals surface area contributed by atoms with E-state index in [9.17, 15) is 4.79 Å². The Bertz CT molecular complexity index is 449. The monoisotopic (exact) mass is 327 g/mol. The Morgan fingerprint density at radius 2 is 2.21 bits per heavy atom. The van der Waals surface area contributed by atoms with E-state index in [0.717, 1.165) is 22.9 Å². The molecule has 0 atom stereocenters. The molecular formula is C13H18BrN3O2. The van der Waals surface area contributed by atoms with E-state index in [0.29, 0.717) is 19.4 Å². The molecule has 19 heavy (non-hydrogen) atoms. The minimum Gasteiger partial charge on any atom is -0.409 e. The average molecular weight is 328 g/mol. The van der Waals surface area contributed by atoms with Gasteiger partial charge in [0.25, 0.3) is 0 Å². The number of oxime groups is 1. The lowest BCUT2D eigenvalue weighted by molar-refractivity contribution is -0.120. The van der Waals surface area contributed by atoms with Crippen LogP contribution < -0.4 is 11.1 Å². The lowest BCUT2D eigenvalue weighted by Crippen LogP contribution is -2.26. The van der Waals surface area contributed by atoms with Gasteiger partial charge in [-0.15, -0.1) is 0 Å². The van der Waals surface area contributed by atoms with Crippen LogP contribution in [0.2, 0.25) is 0 Å². The summed E-state index contributed by atoms with van der Waals surface area (Å²) in [6.07, 6.45) is 2.51. The summed E-state index contributed by atoms with van der Waals surface area (Å²) < 4.78 is 0.969. The van der Waals surface area contributed by atoms with Crippen molar-refractivity contribution in [3.05, 3.63) is 34.3 Å². The number of amides is 1. The van der Waals surface area contributed by atoms with E-state index in [1.807, 2.05) is 24.3 Å². The molecule has 5 nitrogen and oxygen atoms in total. The highest BCUT2D eigenvalue weighted by Crippen LogP contribution is 2.11. The van der Waals surface area contributed by atoms with E-state index in [1.54, 1.807) is 0 Å². The van der Waals surface area contributed by atoms with Gasteiger partial charge in [-0.25, -0.2) is 0 Å². The van der Waals surface area contributed by atoms with Crippen molar-refractivity contribution in [2.75, 3.05) is 6.54 Å². The number of nitrogens with one attached hydrogen (secondary N) is 1. The van der Waals surface area contributed by atoms with Crippen LogP contribution in [-0.2, 0) is 11.2 Å². The highest BCUT2D eigenvalue weighted by molar-refractivity contribution is 9.10. The van der Waals surface area contributed by atoms with Crippen LogP contribution >= 0.6 is 15.9 Å². The van der Waals surface area contributed by atoms with E-state index >= 15 is 0 Å². The number of hydrogen-bond donors (Lipinski definition) is 3. The largest absolute Gasteiger partial charge is 0.409 e. The SMILES string of the molecule is NC(CCCCNC(=O)Cc1cccc(Br)c1)=NO. The molecule has 0 saturated heterocycles. The van der Waals surface area contributed by atoms with E-state index in [4.69, 9.17) is 10.9 Å². The molecule has 0 unspecified atom stereocenters. The number of carbonyl (C=O) groups is 1. The van der Waals surface area contributed by atoms with Crippen molar-refractivity contribution in [2.24, 2.45) is 10.9 Å². The topological polar surface area (TPSA) is 87.7 Å². The van der Waals surface area contributed by atoms with Crippen LogP contribution in [0.3, 0.4) is 0 Å². The third-order valence-electron chi connectivity index (χ3n) is 2.56. The Morgan fingerprint density at radius 1 is 1.42 bits per heavy atom. The number of nitrogens with zero attached hydrogens (tertiary/aromatic N) is 1. The number of carbonyl (C=O) groups excluding carboxylic acids is 1. The molecule has 0 aliphatic carbocycles. The molecule has 0 fully saturated rings. The summed E-state index contributed by atoms with van der Waals surface area (Å²) in [5.41, 5.74) is 6.32. The van der Waals surface area contributed by atoms with Crippen molar-refractivity contribution in [3.63, 3.8) is 0 Å². The highest BCUT2D eigenvalue weighted by atomic mass is 79.9. The van der Waals surface area contributed by atoms with Gasteiger partial charge < -0.3 is 16.3 Å². The molecule has 104 valence electrons. The molecule has 0 aliphatic rings. The van der Waals surface area contributed by atoms with Crippen LogP contribution in [0.15, 0.2) is 33.9 Å². The third kappa shape index (κ3) is 6.81. The van der Waals surface area contributed by atoms with E-state index < -0.39 is 0 Å². The number of halogens is 1. The Hall–Kier alpha value is -1.56. The quantitative estimate of drug-likeness (QED) is 0.235. The molecule has 0 aromatic heterocycles. The normalized spacial score (nSPS) is 11.3. The fourth-order valence-electron chi connectivity index (χ4n) is 1.60. The fourth-order valence-corrected chi connectivity index (χ4v) is 2.05. The summed E-state index contributed by atoms with van der Waals surface area (Å²) in [5, 5.41) is 14.1.